The summed E-state index contributed by atoms with van der Waals surface area (Å²) in [6.07, 6.45) is 1.07. The van der Waals surface area contributed by atoms with Gasteiger partial charge in [-0.05, 0) is 37.9 Å². The third-order valence-electron chi connectivity index (χ3n) is 3.48. The number of likely N-dealkylation sites (N-methyl/N-ethyl adjacent to an activating group) is 1. The normalized spacial score (nSPS) is 12.6. The molecule has 0 heterocycles. The van der Waals surface area contributed by atoms with Crippen LogP contribution in [0, 0.1) is 0 Å². The second-order valence-electron chi connectivity index (χ2n) is 6.15. The molecule has 2 aromatic rings. The minimum atomic E-state index is -3.39. The Morgan fingerprint density at radius 1 is 1.08 bits per heavy atom. The number of hydrogen-bond donors (Lipinski definition) is 2. The zero-order valence-corrected chi connectivity index (χ0v) is 15.4. The Kier molecular flexibility index (Phi) is 6.17. The molecule has 0 radical (unpaired) electrons. The number of amides is 1. The summed E-state index contributed by atoms with van der Waals surface area (Å²) in [6.45, 7) is 0.650. The Labute approximate surface area is 148 Å². The maximum atomic E-state index is 12.6. The Balaban J connectivity index is 2.19. The fourth-order valence-corrected chi connectivity index (χ4v) is 3.02. The molecule has 0 aliphatic carbocycles. The van der Waals surface area contributed by atoms with Gasteiger partial charge in [-0.25, -0.2) is 8.42 Å². The molecule has 2 rings (SSSR count). The summed E-state index contributed by atoms with van der Waals surface area (Å²) in [5.41, 5.74) is 1.77. The maximum Gasteiger partial charge on any atom is 0.251 e. The molecule has 0 saturated heterocycles. The van der Waals surface area contributed by atoms with Crippen molar-refractivity contribution in [1.82, 2.24) is 10.2 Å². The summed E-state index contributed by atoms with van der Waals surface area (Å²) in [6, 6.07) is 16.0. The monoisotopic (exact) mass is 361 g/mol. The van der Waals surface area contributed by atoms with E-state index in [-0.39, 0.29) is 11.9 Å². The lowest BCUT2D eigenvalue weighted by atomic mass is 10.1. The Hall–Kier alpha value is -2.38. The van der Waals surface area contributed by atoms with Crippen LogP contribution in [0.2, 0.25) is 0 Å². The van der Waals surface area contributed by atoms with E-state index in [1.54, 1.807) is 18.2 Å². The van der Waals surface area contributed by atoms with Crippen molar-refractivity contribution >= 4 is 21.6 Å². The largest absolute Gasteiger partial charge is 0.344 e. The van der Waals surface area contributed by atoms with E-state index < -0.39 is 10.0 Å². The van der Waals surface area contributed by atoms with Crippen molar-refractivity contribution < 1.29 is 13.2 Å². The summed E-state index contributed by atoms with van der Waals surface area (Å²) < 4.78 is 25.1. The van der Waals surface area contributed by atoms with Crippen LogP contribution in [0.1, 0.15) is 22.0 Å². The van der Waals surface area contributed by atoms with Crippen LogP contribution in [0.25, 0.3) is 0 Å². The molecule has 2 aromatic carbocycles. The lowest BCUT2D eigenvalue weighted by molar-refractivity contribution is 0.0930. The molecule has 1 atom stereocenters. The number of carbonyl (C=O) groups excluding carboxylic acids is 1. The molecular formula is C18H23N3O3S. The molecule has 7 heteroatoms. The van der Waals surface area contributed by atoms with Crippen molar-refractivity contribution in [3.8, 4) is 0 Å². The van der Waals surface area contributed by atoms with E-state index in [4.69, 9.17) is 0 Å². The summed E-state index contributed by atoms with van der Waals surface area (Å²) in [7, 11) is 0.496. The predicted molar refractivity (Wildman–Crippen MR) is 100 cm³/mol. The molecule has 0 unspecified atom stereocenters. The third-order valence-corrected chi connectivity index (χ3v) is 4.09. The second-order valence-corrected chi connectivity index (χ2v) is 7.90. The van der Waals surface area contributed by atoms with E-state index in [0.717, 1.165) is 11.8 Å². The fraction of sp³-hybridized carbons (Fsp3) is 0.278. The highest BCUT2D eigenvalue weighted by atomic mass is 32.2. The number of anilines is 1. The van der Waals surface area contributed by atoms with Gasteiger partial charge in [-0.1, -0.05) is 36.4 Å². The van der Waals surface area contributed by atoms with Gasteiger partial charge in [0.15, 0.2) is 0 Å². The molecule has 0 spiro atoms. The molecule has 1 amide bonds. The van der Waals surface area contributed by atoms with E-state index in [0.29, 0.717) is 17.8 Å². The minimum Gasteiger partial charge on any atom is -0.344 e. The molecule has 0 aliphatic rings. The Morgan fingerprint density at radius 2 is 1.76 bits per heavy atom. The highest BCUT2D eigenvalue weighted by molar-refractivity contribution is 7.92. The van der Waals surface area contributed by atoms with Crippen LogP contribution in [-0.4, -0.2) is 46.1 Å². The number of hydrogen-bond acceptors (Lipinski definition) is 4. The summed E-state index contributed by atoms with van der Waals surface area (Å²) >= 11 is 0. The minimum absolute atomic E-state index is 0.171. The van der Waals surface area contributed by atoms with Gasteiger partial charge in [0.2, 0.25) is 10.0 Å². The van der Waals surface area contributed by atoms with Crippen molar-refractivity contribution in [3.05, 3.63) is 65.7 Å². The van der Waals surface area contributed by atoms with Gasteiger partial charge in [-0.2, -0.15) is 0 Å². The van der Waals surface area contributed by atoms with Gasteiger partial charge in [-0.15, -0.1) is 0 Å². The molecule has 2 N–H and O–H groups in total. The van der Waals surface area contributed by atoms with Crippen LogP contribution in [0.4, 0.5) is 5.69 Å². The summed E-state index contributed by atoms with van der Waals surface area (Å²) in [5.74, 6) is -0.257. The quantitative estimate of drug-likeness (QED) is 0.792. The molecule has 25 heavy (non-hydrogen) atoms. The first-order valence-corrected chi connectivity index (χ1v) is 9.72. The standard InChI is InChI=1S/C18H23N3O3S/c1-21(2)13-17(14-8-5-4-6-9-14)19-18(22)15-10-7-11-16(12-15)20-25(3,23)24/h4-12,17,20H,13H2,1-3H3,(H,19,22)/t17-/m1/s1. The lowest BCUT2D eigenvalue weighted by Gasteiger charge is -2.23. The van der Waals surface area contributed by atoms with E-state index in [2.05, 4.69) is 10.0 Å². The SMILES string of the molecule is CN(C)C[C@@H](NC(=O)c1cccc(NS(C)(=O)=O)c1)c1ccccc1. The number of nitrogens with one attached hydrogen (secondary N) is 2. The van der Waals surface area contributed by atoms with Crippen LogP contribution in [0.15, 0.2) is 54.6 Å². The van der Waals surface area contributed by atoms with Gasteiger partial charge in [0.25, 0.3) is 5.91 Å². The van der Waals surface area contributed by atoms with Crippen LogP contribution in [0.5, 0.6) is 0 Å². The van der Waals surface area contributed by atoms with Gasteiger partial charge in [0.1, 0.15) is 0 Å². The van der Waals surface area contributed by atoms with Crippen LogP contribution in [-0.2, 0) is 10.0 Å². The number of nitrogens with zero attached hydrogens (tertiary/aromatic N) is 1. The van der Waals surface area contributed by atoms with E-state index in [9.17, 15) is 13.2 Å². The van der Waals surface area contributed by atoms with E-state index >= 15 is 0 Å². The van der Waals surface area contributed by atoms with Gasteiger partial charge >= 0.3 is 0 Å². The van der Waals surface area contributed by atoms with Crippen molar-refractivity contribution in [2.24, 2.45) is 0 Å². The van der Waals surface area contributed by atoms with Gasteiger partial charge in [-0.3, -0.25) is 9.52 Å². The summed E-state index contributed by atoms with van der Waals surface area (Å²) in [4.78, 5) is 14.6. The zero-order chi connectivity index (χ0) is 18.4. The highest BCUT2D eigenvalue weighted by Gasteiger charge is 2.17. The molecule has 0 bridgehead atoms. The molecule has 0 aromatic heterocycles. The Bertz CT molecular complexity index is 820. The van der Waals surface area contributed by atoms with Crippen LogP contribution >= 0.6 is 0 Å². The summed E-state index contributed by atoms with van der Waals surface area (Å²) in [5, 5.41) is 3.01. The average Bonchev–Trinajstić information content (AvgIpc) is 2.53. The number of sulfonamides is 1. The number of rotatable bonds is 7. The molecule has 134 valence electrons. The second kappa shape index (κ2) is 8.13. The molecule has 0 aliphatic heterocycles. The first kappa shape index (κ1) is 19.0. The molecule has 6 nitrogen and oxygen atoms in total. The molecule has 0 fully saturated rings. The smallest absolute Gasteiger partial charge is 0.251 e. The van der Waals surface area contributed by atoms with Gasteiger partial charge in [0.05, 0.1) is 12.3 Å². The fourth-order valence-electron chi connectivity index (χ4n) is 2.46. The van der Waals surface area contributed by atoms with Gasteiger partial charge in [0, 0.05) is 17.8 Å². The van der Waals surface area contributed by atoms with Gasteiger partial charge < -0.3 is 10.2 Å². The number of benzene rings is 2. The predicted octanol–water partition coefficient (Wildman–Crippen LogP) is 2.09. The average molecular weight is 361 g/mol. The third kappa shape index (κ3) is 6.21. The number of carbonyl (C=O) groups is 1. The van der Waals surface area contributed by atoms with Crippen molar-refractivity contribution in [2.45, 2.75) is 6.04 Å². The van der Waals surface area contributed by atoms with Crippen LogP contribution in [0.3, 0.4) is 0 Å². The van der Waals surface area contributed by atoms with Crippen molar-refractivity contribution in [1.29, 1.82) is 0 Å². The molecule has 0 saturated carbocycles. The first-order valence-electron chi connectivity index (χ1n) is 7.83. The zero-order valence-electron chi connectivity index (χ0n) is 14.6. The topological polar surface area (TPSA) is 78.5 Å². The van der Waals surface area contributed by atoms with Crippen molar-refractivity contribution in [2.75, 3.05) is 31.6 Å². The highest BCUT2D eigenvalue weighted by Crippen LogP contribution is 2.16. The lowest BCUT2D eigenvalue weighted by Crippen LogP contribution is -2.35. The molecular weight excluding hydrogens is 338 g/mol. The Morgan fingerprint density at radius 3 is 2.36 bits per heavy atom. The van der Waals surface area contributed by atoms with Crippen LogP contribution < -0.4 is 10.0 Å². The van der Waals surface area contributed by atoms with E-state index in [1.807, 2.05) is 49.3 Å². The maximum absolute atomic E-state index is 12.6. The van der Waals surface area contributed by atoms with Crippen molar-refractivity contribution in [3.63, 3.8) is 0 Å². The first-order chi connectivity index (χ1) is 11.7. The van der Waals surface area contributed by atoms with E-state index in [1.165, 1.54) is 6.07 Å².